The molecule has 0 spiro atoms. The Morgan fingerprint density at radius 2 is 1.63 bits per heavy atom. The summed E-state index contributed by atoms with van der Waals surface area (Å²) in [5, 5.41) is 25.0. The third kappa shape index (κ3) is 8.70. The van der Waals surface area contributed by atoms with E-state index >= 15 is 0 Å². The lowest BCUT2D eigenvalue weighted by Gasteiger charge is -2.33. The first-order chi connectivity index (χ1) is 19.3. The Labute approximate surface area is 237 Å². The minimum Gasteiger partial charge on any atom is -0.480 e. The Hall–Kier alpha value is -4.09. The van der Waals surface area contributed by atoms with Crippen LogP contribution >= 0.6 is 0 Å². The van der Waals surface area contributed by atoms with E-state index in [1.54, 1.807) is 12.3 Å². The van der Waals surface area contributed by atoms with Gasteiger partial charge in [0, 0.05) is 29.6 Å². The third-order valence-electron chi connectivity index (χ3n) is 6.71. The maximum absolute atomic E-state index is 14.7. The van der Waals surface area contributed by atoms with Crippen LogP contribution in [0.15, 0.2) is 60.8 Å². The lowest BCUT2D eigenvalue weighted by molar-refractivity contribution is -0.144. The van der Waals surface area contributed by atoms with Crippen molar-refractivity contribution in [3.8, 4) is 11.1 Å². The van der Waals surface area contributed by atoms with Crippen molar-refractivity contribution in [1.29, 1.82) is 0 Å². The van der Waals surface area contributed by atoms with Gasteiger partial charge in [0.25, 0.3) is 0 Å². The molecular formula is C30H36F2N4O5. The highest BCUT2D eigenvalue weighted by molar-refractivity contribution is 5.84. The molecule has 1 heterocycles. The van der Waals surface area contributed by atoms with E-state index in [-0.39, 0.29) is 24.6 Å². The molecule has 2 aromatic carbocycles. The van der Waals surface area contributed by atoms with Gasteiger partial charge in [-0.15, -0.1) is 0 Å². The molecule has 3 rings (SSSR count). The maximum atomic E-state index is 14.7. The number of benzene rings is 2. The van der Waals surface area contributed by atoms with Crippen molar-refractivity contribution in [3.05, 3.63) is 83.7 Å². The SMILES string of the molecule is CC(C)(C)[C@@H](NCC[C@H](N[C@@H](CC(N)=O)C(=O)O)C(=O)O)c1cc(-c2cc(F)ccc2F)cn1Cc1ccccc1. The number of hydrogen-bond acceptors (Lipinski definition) is 5. The first kappa shape index (κ1) is 31.4. The smallest absolute Gasteiger partial charge is 0.321 e. The Morgan fingerprint density at radius 1 is 0.976 bits per heavy atom. The molecule has 0 unspecified atom stereocenters. The molecule has 6 N–H and O–H groups in total. The van der Waals surface area contributed by atoms with Crippen LogP contribution in [0, 0.1) is 17.0 Å². The summed E-state index contributed by atoms with van der Waals surface area (Å²) in [6.07, 6.45) is 1.21. The van der Waals surface area contributed by atoms with E-state index in [1.807, 2.05) is 55.7 Å². The van der Waals surface area contributed by atoms with Gasteiger partial charge in [-0.2, -0.15) is 0 Å². The number of nitrogens with two attached hydrogens (primary N) is 1. The number of halogens is 2. The summed E-state index contributed by atoms with van der Waals surface area (Å²) in [5.74, 6) is -4.65. The van der Waals surface area contributed by atoms with Gasteiger partial charge >= 0.3 is 11.9 Å². The zero-order valence-corrected chi connectivity index (χ0v) is 23.2. The Balaban J connectivity index is 1.92. The molecule has 0 aliphatic heterocycles. The molecule has 0 aliphatic carbocycles. The van der Waals surface area contributed by atoms with Crippen molar-refractivity contribution in [2.75, 3.05) is 6.54 Å². The molecule has 0 saturated heterocycles. The predicted molar refractivity (Wildman–Crippen MR) is 150 cm³/mol. The standard InChI is InChI=1S/C30H36F2N4O5/c1-30(2,3)27(34-12-11-23(28(38)39)35-24(29(40)41)15-26(33)37)25-13-19(21-14-20(31)9-10-22(21)32)17-36(25)16-18-7-5-4-6-8-18/h4-10,13-14,17,23-24,27,34-35H,11-12,15-16H2,1-3H3,(H2,33,37)(H,38,39)(H,40,41)/t23-,24-,27-/m0/s1. The largest absolute Gasteiger partial charge is 0.480 e. The van der Waals surface area contributed by atoms with Gasteiger partial charge in [-0.25, -0.2) is 8.78 Å². The van der Waals surface area contributed by atoms with Crippen molar-refractivity contribution >= 4 is 17.8 Å². The van der Waals surface area contributed by atoms with Crippen molar-refractivity contribution < 1.29 is 33.4 Å². The van der Waals surface area contributed by atoms with Crippen LogP contribution in [-0.2, 0) is 20.9 Å². The van der Waals surface area contributed by atoms with Gasteiger partial charge < -0.3 is 25.8 Å². The summed E-state index contributed by atoms with van der Waals surface area (Å²) in [6.45, 7) is 6.59. The summed E-state index contributed by atoms with van der Waals surface area (Å²) in [4.78, 5) is 34.7. The van der Waals surface area contributed by atoms with E-state index in [0.29, 0.717) is 12.1 Å². The first-order valence-corrected chi connectivity index (χ1v) is 13.2. The van der Waals surface area contributed by atoms with E-state index < -0.39 is 53.4 Å². The summed E-state index contributed by atoms with van der Waals surface area (Å²) in [7, 11) is 0. The highest BCUT2D eigenvalue weighted by atomic mass is 19.1. The number of rotatable bonds is 14. The number of nitrogens with one attached hydrogen (secondary N) is 2. The van der Waals surface area contributed by atoms with Crippen molar-refractivity contribution in [3.63, 3.8) is 0 Å². The van der Waals surface area contributed by atoms with Crippen LogP contribution in [0.1, 0.15) is 50.9 Å². The van der Waals surface area contributed by atoms with E-state index in [4.69, 9.17) is 5.73 Å². The first-order valence-electron chi connectivity index (χ1n) is 13.2. The van der Waals surface area contributed by atoms with E-state index in [9.17, 15) is 33.4 Å². The molecule has 9 nitrogen and oxygen atoms in total. The van der Waals surface area contributed by atoms with E-state index in [2.05, 4.69) is 10.6 Å². The number of amides is 1. The number of aliphatic carboxylic acids is 2. The molecule has 11 heteroatoms. The number of carbonyl (C=O) groups is 3. The highest BCUT2D eigenvalue weighted by Crippen LogP contribution is 2.37. The van der Waals surface area contributed by atoms with Gasteiger partial charge in [-0.3, -0.25) is 19.7 Å². The van der Waals surface area contributed by atoms with Crippen LogP contribution < -0.4 is 16.4 Å². The molecule has 3 aromatic rings. The topological polar surface area (TPSA) is 147 Å². The molecule has 0 fully saturated rings. The number of aromatic nitrogens is 1. The van der Waals surface area contributed by atoms with Crippen LogP contribution in [0.3, 0.4) is 0 Å². The molecule has 0 bridgehead atoms. The number of hydrogen-bond donors (Lipinski definition) is 5. The van der Waals surface area contributed by atoms with Crippen LogP contribution in [-0.4, -0.2) is 51.3 Å². The Bertz CT molecular complexity index is 1370. The van der Waals surface area contributed by atoms with E-state index in [1.165, 1.54) is 0 Å². The summed E-state index contributed by atoms with van der Waals surface area (Å²) in [5.41, 5.74) is 7.09. The quantitative estimate of drug-likeness (QED) is 0.197. The lowest BCUT2D eigenvalue weighted by atomic mass is 9.84. The van der Waals surface area contributed by atoms with Gasteiger partial charge in [-0.05, 0) is 48.2 Å². The molecular weight excluding hydrogens is 534 g/mol. The van der Waals surface area contributed by atoms with E-state index in [0.717, 1.165) is 29.5 Å². The average molecular weight is 571 g/mol. The second kappa shape index (κ2) is 13.5. The van der Waals surface area contributed by atoms with Crippen molar-refractivity contribution in [1.82, 2.24) is 15.2 Å². The minimum atomic E-state index is -1.45. The third-order valence-corrected chi connectivity index (χ3v) is 6.71. The number of nitrogens with zero attached hydrogens (tertiary/aromatic N) is 1. The minimum absolute atomic E-state index is 0.00473. The predicted octanol–water partition coefficient (Wildman–Crippen LogP) is 3.92. The van der Waals surface area contributed by atoms with Crippen LogP contribution in [0.2, 0.25) is 0 Å². The molecule has 0 radical (unpaired) electrons. The second-order valence-corrected chi connectivity index (χ2v) is 11.1. The number of carboxylic acid groups (broad SMARTS) is 2. The van der Waals surface area contributed by atoms with Crippen molar-refractivity contribution in [2.45, 2.75) is 58.3 Å². The van der Waals surface area contributed by atoms with Gasteiger partial charge in [0.2, 0.25) is 5.91 Å². The Morgan fingerprint density at radius 3 is 2.22 bits per heavy atom. The fourth-order valence-corrected chi connectivity index (χ4v) is 4.72. The van der Waals surface area contributed by atoms with Gasteiger partial charge in [-0.1, -0.05) is 51.1 Å². The molecule has 1 amide bonds. The summed E-state index contributed by atoms with van der Waals surface area (Å²) in [6, 6.07) is 11.6. The fourth-order valence-electron chi connectivity index (χ4n) is 4.72. The van der Waals surface area contributed by atoms with Gasteiger partial charge in [0.05, 0.1) is 12.5 Å². The molecule has 0 aliphatic rings. The number of carbonyl (C=O) groups excluding carboxylic acids is 1. The van der Waals surface area contributed by atoms with Crippen LogP contribution in [0.25, 0.3) is 11.1 Å². The molecule has 3 atom stereocenters. The summed E-state index contributed by atoms with van der Waals surface area (Å²) < 4.78 is 30.7. The maximum Gasteiger partial charge on any atom is 0.321 e. The number of carboxylic acids is 2. The lowest BCUT2D eigenvalue weighted by Crippen LogP contribution is -2.50. The Kier molecular flexibility index (Phi) is 10.4. The zero-order valence-electron chi connectivity index (χ0n) is 23.2. The molecule has 0 saturated carbocycles. The second-order valence-electron chi connectivity index (χ2n) is 11.1. The number of primary amides is 1. The fraction of sp³-hybridized carbons (Fsp3) is 0.367. The molecule has 41 heavy (non-hydrogen) atoms. The van der Waals surface area contributed by atoms with Gasteiger partial charge in [0.1, 0.15) is 23.7 Å². The molecule has 1 aromatic heterocycles. The highest BCUT2D eigenvalue weighted by Gasteiger charge is 2.31. The van der Waals surface area contributed by atoms with Crippen molar-refractivity contribution in [2.24, 2.45) is 11.1 Å². The average Bonchev–Trinajstić information content (AvgIpc) is 3.28. The zero-order chi connectivity index (χ0) is 30.3. The molecule has 220 valence electrons. The van der Waals surface area contributed by atoms with Gasteiger partial charge in [0.15, 0.2) is 0 Å². The van der Waals surface area contributed by atoms with Crippen LogP contribution in [0.4, 0.5) is 8.78 Å². The normalized spacial score (nSPS) is 13.9. The van der Waals surface area contributed by atoms with Crippen LogP contribution in [0.5, 0.6) is 0 Å². The summed E-state index contributed by atoms with van der Waals surface area (Å²) >= 11 is 0. The monoisotopic (exact) mass is 570 g/mol.